The summed E-state index contributed by atoms with van der Waals surface area (Å²) in [5.74, 6) is 0.00969. The van der Waals surface area contributed by atoms with E-state index in [1.54, 1.807) is 41.4 Å². The molecule has 2 aromatic carbocycles. The molecule has 0 bridgehead atoms. The number of thiocarbonyl (C=S) groups is 1. The fourth-order valence-corrected chi connectivity index (χ4v) is 6.55. The summed E-state index contributed by atoms with van der Waals surface area (Å²) in [5, 5.41) is 0. The van der Waals surface area contributed by atoms with Gasteiger partial charge in [-0.1, -0.05) is 72.5 Å². The van der Waals surface area contributed by atoms with E-state index in [9.17, 15) is 14.0 Å². The summed E-state index contributed by atoms with van der Waals surface area (Å²) in [6.45, 7) is 4.14. The highest BCUT2D eigenvalue weighted by molar-refractivity contribution is 8.26. The second kappa shape index (κ2) is 10.9. The fraction of sp³-hybridized carbons (Fsp3) is 0.200. The minimum absolute atomic E-state index is 0.237. The van der Waals surface area contributed by atoms with Gasteiger partial charge in [0.2, 0.25) is 0 Å². The lowest BCUT2D eigenvalue weighted by atomic mass is 10.1. The Kier molecular flexibility index (Phi) is 7.12. The molecule has 2 fully saturated rings. The molecule has 0 spiro atoms. The molecule has 2 saturated heterocycles. The Hall–Kier alpha value is -4.02. The monoisotopic (exact) mass is 571 g/mol. The molecule has 1 unspecified atom stereocenters. The quantitative estimate of drug-likeness (QED) is 0.243. The molecule has 1 amide bonds. The summed E-state index contributed by atoms with van der Waals surface area (Å²) >= 11 is 6.80. The third-order valence-corrected chi connectivity index (χ3v) is 8.62. The van der Waals surface area contributed by atoms with Gasteiger partial charge in [0.15, 0.2) is 0 Å². The van der Waals surface area contributed by atoms with E-state index in [4.69, 9.17) is 17.2 Å². The number of carbonyl (C=O) groups is 1. The van der Waals surface area contributed by atoms with Gasteiger partial charge in [-0.3, -0.25) is 18.9 Å². The number of hydrogen-bond acceptors (Lipinski definition) is 7. The molecule has 7 nitrogen and oxygen atoms in total. The molecule has 4 heterocycles. The van der Waals surface area contributed by atoms with Crippen molar-refractivity contribution in [3.63, 3.8) is 0 Å². The zero-order valence-corrected chi connectivity index (χ0v) is 23.4. The normalized spacial score (nSPS) is 17.8. The van der Waals surface area contributed by atoms with Gasteiger partial charge in [0.1, 0.15) is 21.6 Å². The lowest BCUT2D eigenvalue weighted by Gasteiger charge is -2.37. The molecular weight excluding hydrogens is 545 g/mol. The maximum atomic E-state index is 14.4. The van der Waals surface area contributed by atoms with E-state index in [2.05, 4.69) is 0 Å². The first-order valence-electron chi connectivity index (χ1n) is 13.0. The van der Waals surface area contributed by atoms with E-state index in [0.29, 0.717) is 58.1 Å². The van der Waals surface area contributed by atoms with Gasteiger partial charge in [-0.25, -0.2) is 9.37 Å². The smallest absolute Gasteiger partial charge is 0.267 e. The number of benzene rings is 2. The summed E-state index contributed by atoms with van der Waals surface area (Å²) in [6.07, 6.45) is 3.30. The first-order chi connectivity index (χ1) is 19.4. The highest BCUT2D eigenvalue weighted by Gasteiger charge is 2.36. The Morgan fingerprint density at radius 1 is 0.925 bits per heavy atom. The van der Waals surface area contributed by atoms with Crippen LogP contribution in [0.15, 0.2) is 88.7 Å². The zero-order valence-electron chi connectivity index (χ0n) is 21.7. The number of piperazine rings is 1. The molecular formula is C30H26FN5O2S2. The fourth-order valence-electron chi connectivity index (χ4n) is 5.15. The van der Waals surface area contributed by atoms with Crippen LogP contribution in [0.2, 0.25) is 0 Å². The topological polar surface area (TPSA) is 61.2 Å². The van der Waals surface area contributed by atoms with E-state index in [-0.39, 0.29) is 23.3 Å². The van der Waals surface area contributed by atoms with Crippen LogP contribution >= 0.6 is 24.0 Å². The van der Waals surface area contributed by atoms with Crippen molar-refractivity contribution in [2.75, 3.05) is 36.0 Å². The average molecular weight is 572 g/mol. The van der Waals surface area contributed by atoms with Crippen molar-refractivity contribution in [2.45, 2.75) is 13.0 Å². The molecule has 202 valence electrons. The van der Waals surface area contributed by atoms with Gasteiger partial charge < -0.3 is 9.80 Å². The summed E-state index contributed by atoms with van der Waals surface area (Å²) in [4.78, 5) is 38.2. The molecule has 2 aliphatic heterocycles. The first-order valence-corrected chi connectivity index (χ1v) is 14.2. The molecule has 4 aromatic rings. The maximum absolute atomic E-state index is 14.4. The van der Waals surface area contributed by atoms with E-state index >= 15 is 0 Å². The van der Waals surface area contributed by atoms with Crippen LogP contribution in [0.1, 0.15) is 24.1 Å². The van der Waals surface area contributed by atoms with Crippen molar-refractivity contribution in [3.05, 3.63) is 111 Å². The lowest BCUT2D eigenvalue weighted by Crippen LogP contribution is -2.47. The van der Waals surface area contributed by atoms with Crippen molar-refractivity contribution in [2.24, 2.45) is 0 Å². The highest BCUT2D eigenvalue weighted by atomic mass is 32.2. The number of nitrogens with zero attached hydrogens (tertiary/aromatic N) is 5. The molecule has 0 radical (unpaired) electrons. The van der Waals surface area contributed by atoms with Gasteiger partial charge in [-0.2, -0.15) is 0 Å². The number of halogens is 1. The molecule has 1 atom stereocenters. The van der Waals surface area contributed by atoms with Crippen LogP contribution in [0.25, 0.3) is 11.7 Å². The molecule has 0 N–H and O–H groups in total. The van der Waals surface area contributed by atoms with Crippen molar-refractivity contribution in [3.8, 4) is 0 Å². The molecule has 0 saturated carbocycles. The zero-order chi connectivity index (χ0) is 27.8. The lowest BCUT2D eigenvalue weighted by molar-refractivity contribution is -0.123. The second-order valence-corrected chi connectivity index (χ2v) is 11.3. The number of pyridine rings is 1. The predicted octanol–water partition coefficient (Wildman–Crippen LogP) is 5.12. The van der Waals surface area contributed by atoms with Crippen LogP contribution in [0.4, 0.5) is 15.9 Å². The number of fused-ring (bicyclic) bond motifs is 1. The number of hydrogen-bond donors (Lipinski definition) is 0. The van der Waals surface area contributed by atoms with E-state index in [1.807, 2.05) is 59.2 Å². The number of amides is 1. The van der Waals surface area contributed by atoms with Crippen LogP contribution in [-0.4, -0.2) is 50.7 Å². The standard InChI is InChI=1S/C30H26FN5O2S2/c1-20(21-9-3-2-4-10-21)36-29(38)25(40-30(36)39)19-22-27(32-26-13-7-8-14-35(26)28(22)37)34-17-15-33(16-18-34)24-12-6-5-11-23(24)31/h2-14,19-20H,15-18H2,1H3. The maximum Gasteiger partial charge on any atom is 0.267 e. The number of thioether (sulfide) groups is 1. The largest absolute Gasteiger partial charge is 0.366 e. The molecule has 2 aromatic heterocycles. The Balaban J connectivity index is 1.35. The van der Waals surface area contributed by atoms with Crippen LogP contribution in [0.3, 0.4) is 0 Å². The van der Waals surface area contributed by atoms with Crippen LogP contribution in [-0.2, 0) is 4.79 Å². The second-order valence-electron chi connectivity index (χ2n) is 9.65. The SMILES string of the molecule is CC(c1ccccc1)N1C(=O)C(=Cc2c(N3CCN(c4ccccc4F)CC3)nc3ccccn3c2=O)SC1=S. The Labute approximate surface area is 240 Å². The van der Waals surface area contributed by atoms with Crippen LogP contribution in [0.5, 0.6) is 0 Å². The van der Waals surface area contributed by atoms with E-state index < -0.39 is 0 Å². The van der Waals surface area contributed by atoms with Gasteiger partial charge in [0, 0.05) is 32.4 Å². The number of rotatable bonds is 5. The van der Waals surface area contributed by atoms with Crippen LogP contribution in [0, 0.1) is 5.82 Å². The van der Waals surface area contributed by atoms with Gasteiger partial charge in [0.25, 0.3) is 11.5 Å². The first kappa shape index (κ1) is 26.2. The Morgan fingerprint density at radius 3 is 2.35 bits per heavy atom. The van der Waals surface area contributed by atoms with Gasteiger partial charge in [-0.05, 0) is 42.8 Å². The molecule has 0 aliphatic carbocycles. The summed E-state index contributed by atoms with van der Waals surface area (Å²) in [7, 11) is 0. The number of anilines is 2. The number of para-hydroxylation sites is 1. The Morgan fingerprint density at radius 2 is 1.60 bits per heavy atom. The predicted molar refractivity (Wildman–Crippen MR) is 162 cm³/mol. The molecule has 2 aliphatic rings. The van der Waals surface area contributed by atoms with Gasteiger partial charge in [-0.15, -0.1) is 0 Å². The summed E-state index contributed by atoms with van der Waals surface area (Å²) < 4.78 is 16.3. The third-order valence-electron chi connectivity index (χ3n) is 7.29. The molecule has 10 heteroatoms. The van der Waals surface area contributed by atoms with Crippen molar-refractivity contribution in [1.29, 1.82) is 0 Å². The molecule has 40 heavy (non-hydrogen) atoms. The average Bonchev–Trinajstić information content (AvgIpc) is 3.27. The molecule has 6 rings (SSSR count). The summed E-state index contributed by atoms with van der Waals surface area (Å²) in [6, 6.07) is 21.6. The third kappa shape index (κ3) is 4.77. The van der Waals surface area contributed by atoms with Gasteiger partial charge >= 0.3 is 0 Å². The van der Waals surface area contributed by atoms with E-state index in [1.165, 1.54) is 22.2 Å². The van der Waals surface area contributed by atoms with Crippen molar-refractivity contribution in [1.82, 2.24) is 14.3 Å². The van der Waals surface area contributed by atoms with E-state index in [0.717, 1.165) is 5.56 Å². The van der Waals surface area contributed by atoms with Crippen LogP contribution < -0.4 is 15.4 Å². The minimum atomic E-state index is -0.265. The van der Waals surface area contributed by atoms with Gasteiger partial charge in [0.05, 0.1) is 22.2 Å². The number of carbonyl (C=O) groups excluding carboxylic acids is 1. The Bertz CT molecular complexity index is 1700. The number of aromatic nitrogens is 2. The summed E-state index contributed by atoms with van der Waals surface area (Å²) in [5.41, 5.74) is 2.11. The van der Waals surface area contributed by atoms with Crippen molar-refractivity contribution >= 4 is 57.4 Å². The van der Waals surface area contributed by atoms with Crippen molar-refractivity contribution < 1.29 is 9.18 Å². The highest BCUT2D eigenvalue weighted by Crippen LogP contribution is 2.38. The minimum Gasteiger partial charge on any atom is -0.366 e.